The van der Waals surface area contributed by atoms with Gasteiger partial charge in [-0.1, -0.05) is 46.0 Å². The van der Waals surface area contributed by atoms with E-state index < -0.39 is 0 Å². The summed E-state index contributed by atoms with van der Waals surface area (Å²) in [4.78, 5) is 0. The zero-order valence-electron chi connectivity index (χ0n) is 12.6. The van der Waals surface area contributed by atoms with Crippen LogP contribution in [0.3, 0.4) is 0 Å². The molecule has 0 saturated heterocycles. The van der Waals surface area contributed by atoms with E-state index in [1.165, 1.54) is 70.8 Å². The number of hydrogen-bond donors (Lipinski definition) is 1. The monoisotopic (exact) mass is 251 g/mol. The van der Waals surface area contributed by atoms with Gasteiger partial charge in [-0.25, -0.2) is 0 Å². The Morgan fingerprint density at radius 2 is 1.67 bits per heavy atom. The average Bonchev–Trinajstić information content (AvgIpc) is 2.65. The molecule has 3 unspecified atom stereocenters. The van der Waals surface area contributed by atoms with Crippen LogP contribution in [-0.2, 0) is 0 Å². The molecule has 1 nitrogen and oxygen atoms in total. The predicted molar refractivity (Wildman–Crippen MR) is 79.8 cm³/mol. The van der Waals surface area contributed by atoms with Crippen molar-refractivity contribution in [3.05, 3.63) is 0 Å². The Balaban J connectivity index is 1.93. The summed E-state index contributed by atoms with van der Waals surface area (Å²) in [5.74, 6) is 2.94. The molecule has 0 amide bonds. The Hall–Kier alpha value is -0.0400. The molecule has 0 spiro atoms. The van der Waals surface area contributed by atoms with Gasteiger partial charge in [0.2, 0.25) is 0 Å². The lowest BCUT2D eigenvalue weighted by atomic mass is 9.82. The van der Waals surface area contributed by atoms with Crippen molar-refractivity contribution in [2.75, 3.05) is 6.54 Å². The van der Waals surface area contributed by atoms with Crippen molar-refractivity contribution in [2.45, 2.75) is 84.1 Å². The van der Waals surface area contributed by atoms with Crippen molar-refractivity contribution in [3.63, 3.8) is 0 Å². The molecule has 106 valence electrons. The Kier molecular flexibility index (Phi) is 6.01. The lowest BCUT2D eigenvalue weighted by Crippen LogP contribution is -2.42. The van der Waals surface area contributed by atoms with Crippen molar-refractivity contribution >= 4 is 0 Å². The van der Waals surface area contributed by atoms with E-state index in [4.69, 9.17) is 0 Å². The first-order chi connectivity index (χ1) is 8.81. The highest BCUT2D eigenvalue weighted by molar-refractivity contribution is 4.88. The van der Waals surface area contributed by atoms with Gasteiger partial charge in [0.25, 0.3) is 0 Å². The first-order valence-electron chi connectivity index (χ1n) is 8.54. The molecular weight excluding hydrogens is 218 g/mol. The Labute approximate surface area is 114 Å². The fourth-order valence-corrected chi connectivity index (χ4v) is 4.28. The van der Waals surface area contributed by atoms with Crippen molar-refractivity contribution in [2.24, 2.45) is 17.8 Å². The highest BCUT2D eigenvalue weighted by atomic mass is 14.9. The first kappa shape index (κ1) is 14.4. The molecule has 2 saturated carbocycles. The maximum Gasteiger partial charge on any atom is 0.0124 e. The normalized spacial score (nSPS) is 32.3. The van der Waals surface area contributed by atoms with Gasteiger partial charge in [-0.15, -0.1) is 0 Å². The molecule has 0 radical (unpaired) electrons. The topological polar surface area (TPSA) is 12.0 Å². The number of hydrogen-bond acceptors (Lipinski definition) is 1. The van der Waals surface area contributed by atoms with Gasteiger partial charge in [0.15, 0.2) is 0 Å². The quantitative estimate of drug-likeness (QED) is 0.695. The minimum atomic E-state index is 0.841. The first-order valence-corrected chi connectivity index (χ1v) is 8.54. The molecule has 0 aromatic carbocycles. The lowest BCUT2D eigenvalue weighted by Gasteiger charge is -2.32. The summed E-state index contributed by atoms with van der Waals surface area (Å²) >= 11 is 0. The molecule has 2 fully saturated rings. The zero-order valence-corrected chi connectivity index (χ0v) is 12.6. The van der Waals surface area contributed by atoms with E-state index in [1.807, 2.05) is 0 Å². The molecular formula is C17H33N. The van der Waals surface area contributed by atoms with Crippen LogP contribution in [0.2, 0.25) is 0 Å². The molecule has 0 aliphatic heterocycles. The number of nitrogens with one attached hydrogen (secondary N) is 1. The summed E-state index contributed by atoms with van der Waals surface area (Å²) in [6.07, 6.45) is 14.6. The van der Waals surface area contributed by atoms with E-state index in [9.17, 15) is 0 Å². The molecule has 0 aromatic rings. The van der Waals surface area contributed by atoms with Crippen molar-refractivity contribution in [3.8, 4) is 0 Å². The Bertz CT molecular complexity index is 218. The number of rotatable bonds is 5. The predicted octanol–water partition coefficient (Wildman–Crippen LogP) is 4.76. The van der Waals surface area contributed by atoms with Gasteiger partial charge in [0.1, 0.15) is 0 Å². The minimum absolute atomic E-state index is 0.841. The van der Waals surface area contributed by atoms with Gasteiger partial charge in [0.05, 0.1) is 0 Å². The third-order valence-electron chi connectivity index (χ3n) is 5.28. The van der Waals surface area contributed by atoms with Gasteiger partial charge >= 0.3 is 0 Å². The third kappa shape index (κ3) is 3.98. The highest BCUT2D eigenvalue weighted by Gasteiger charge is 2.33. The van der Waals surface area contributed by atoms with E-state index in [0.29, 0.717) is 0 Å². The van der Waals surface area contributed by atoms with Crippen LogP contribution in [0.1, 0.15) is 78.1 Å². The van der Waals surface area contributed by atoms with Crippen molar-refractivity contribution < 1.29 is 0 Å². The van der Waals surface area contributed by atoms with Gasteiger partial charge in [-0.3, -0.25) is 0 Å². The van der Waals surface area contributed by atoms with Crippen LogP contribution in [-0.4, -0.2) is 12.6 Å². The SMILES string of the molecule is CCCNC(C1CCCCCC1)C1CCC(C)C1. The van der Waals surface area contributed by atoms with Crippen molar-refractivity contribution in [1.82, 2.24) is 5.32 Å². The summed E-state index contributed by atoms with van der Waals surface area (Å²) in [6, 6.07) is 0.841. The van der Waals surface area contributed by atoms with E-state index in [-0.39, 0.29) is 0 Å². The van der Waals surface area contributed by atoms with Crippen LogP contribution < -0.4 is 5.32 Å². The molecule has 0 aromatic heterocycles. The van der Waals surface area contributed by atoms with Crippen LogP contribution >= 0.6 is 0 Å². The smallest absolute Gasteiger partial charge is 0.0124 e. The largest absolute Gasteiger partial charge is 0.313 e. The molecule has 2 aliphatic carbocycles. The van der Waals surface area contributed by atoms with Gasteiger partial charge in [0, 0.05) is 6.04 Å². The fraction of sp³-hybridized carbons (Fsp3) is 1.00. The second kappa shape index (κ2) is 7.53. The molecule has 0 heterocycles. The lowest BCUT2D eigenvalue weighted by molar-refractivity contribution is 0.234. The summed E-state index contributed by atoms with van der Waals surface area (Å²) < 4.78 is 0. The van der Waals surface area contributed by atoms with E-state index >= 15 is 0 Å². The maximum atomic E-state index is 3.93. The molecule has 2 aliphatic rings. The molecule has 0 bridgehead atoms. The maximum absolute atomic E-state index is 3.93. The van der Waals surface area contributed by atoms with E-state index in [0.717, 1.165) is 23.8 Å². The summed E-state index contributed by atoms with van der Waals surface area (Å²) in [5.41, 5.74) is 0. The second-order valence-corrected chi connectivity index (χ2v) is 6.91. The van der Waals surface area contributed by atoms with Gasteiger partial charge in [-0.05, 0) is 56.4 Å². The molecule has 2 rings (SSSR count). The molecule has 1 heteroatoms. The molecule has 1 N–H and O–H groups in total. The Morgan fingerprint density at radius 1 is 0.944 bits per heavy atom. The van der Waals surface area contributed by atoms with E-state index in [1.54, 1.807) is 0 Å². The van der Waals surface area contributed by atoms with Crippen LogP contribution in [0.4, 0.5) is 0 Å². The van der Waals surface area contributed by atoms with Crippen LogP contribution in [0.25, 0.3) is 0 Å². The van der Waals surface area contributed by atoms with Crippen LogP contribution in [0.5, 0.6) is 0 Å². The van der Waals surface area contributed by atoms with Crippen molar-refractivity contribution in [1.29, 1.82) is 0 Å². The van der Waals surface area contributed by atoms with Gasteiger partial charge < -0.3 is 5.32 Å². The van der Waals surface area contributed by atoms with Gasteiger partial charge in [-0.2, -0.15) is 0 Å². The molecule has 18 heavy (non-hydrogen) atoms. The third-order valence-corrected chi connectivity index (χ3v) is 5.28. The highest BCUT2D eigenvalue weighted by Crippen LogP contribution is 2.38. The zero-order chi connectivity index (χ0) is 12.8. The Morgan fingerprint density at radius 3 is 2.22 bits per heavy atom. The second-order valence-electron chi connectivity index (χ2n) is 6.91. The minimum Gasteiger partial charge on any atom is -0.313 e. The van der Waals surface area contributed by atoms with Crippen LogP contribution in [0.15, 0.2) is 0 Å². The van der Waals surface area contributed by atoms with Crippen LogP contribution in [0, 0.1) is 17.8 Å². The summed E-state index contributed by atoms with van der Waals surface area (Å²) in [5, 5.41) is 3.93. The summed E-state index contributed by atoms with van der Waals surface area (Å²) in [6.45, 7) is 5.98. The summed E-state index contributed by atoms with van der Waals surface area (Å²) in [7, 11) is 0. The standard InChI is InChI=1S/C17H33N/c1-3-12-18-17(16-11-10-14(2)13-16)15-8-6-4-5-7-9-15/h14-18H,3-13H2,1-2H3. The van der Waals surface area contributed by atoms with E-state index in [2.05, 4.69) is 19.2 Å². The molecule has 3 atom stereocenters. The average molecular weight is 251 g/mol. The fourth-order valence-electron chi connectivity index (χ4n) is 4.28.